The number of nitrogens with one attached hydrogen (secondary N) is 4. The number of aliphatic hydroxyl groups is 1. The standard InChI is InChI=1S/C17H19N5O3.C8H16N2O4/c18-13(6-11-8-19-9-21-11)16(23)22-15(17(24)25)5-10-7-20-14-4-2-1-3-12(10)14;1-4(2)6(8(13)14)10-7(12)5(9)3-11/h1-4,7-9,13,15,20H,5-6,18H2,(H,19,21)(H,22,23)(H,24,25);4-6,11H,3,9H2,1-2H3,(H,10,12)(H,13,14). The molecule has 212 valence electrons. The number of carbonyl (C=O) groups is 4. The lowest BCUT2D eigenvalue weighted by atomic mass is 10.0. The first kappa shape index (κ1) is 31.0. The van der Waals surface area contributed by atoms with Gasteiger partial charge < -0.3 is 47.4 Å². The largest absolute Gasteiger partial charge is 0.480 e. The number of aromatic amines is 2. The lowest BCUT2D eigenvalue weighted by Gasteiger charge is -2.19. The molecule has 0 radical (unpaired) electrons. The third-order valence-electron chi connectivity index (χ3n) is 5.81. The topological polar surface area (TPSA) is 250 Å². The number of aliphatic hydroxyl groups excluding tert-OH is 1. The molecule has 11 N–H and O–H groups in total. The molecule has 14 heteroatoms. The molecule has 4 unspecified atom stereocenters. The molecule has 4 atom stereocenters. The van der Waals surface area contributed by atoms with Gasteiger partial charge in [-0.05, 0) is 17.5 Å². The Morgan fingerprint density at radius 3 is 2.18 bits per heavy atom. The van der Waals surface area contributed by atoms with E-state index in [9.17, 15) is 24.3 Å². The zero-order valence-electron chi connectivity index (χ0n) is 21.6. The minimum atomic E-state index is -1.11. The molecule has 1 aromatic carbocycles. The molecule has 3 rings (SSSR count). The fraction of sp³-hybridized carbons (Fsp3) is 0.400. The van der Waals surface area contributed by atoms with Gasteiger partial charge in [-0.3, -0.25) is 9.59 Å². The van der Waals surface area contributed by atoms with Gasteiger partial charge in [0.05, 0.1) is 19.0 Å². The van der Waals surface area contributed by atoms with Gasteiger partial charge in [0.25, 0.3) is 0 Å². The predicted octanol–water partition coefficient (Wildman–Crippen LogP) is -0.896. The third kappa shape index (κ3) is 9.21. The van der Waals surface area contributed by atoms with Crippen molar-refractivity contribution in [1.82, 2.24) is 25.6 Å². The molecule has 3 aromatic rings. The molecule has 0 spiro atoms. The maximum Gasteiger partial charge on any atom is 0.326 e. The summed E-state index contributed by atoms with van der Waals surface area (Å²) in [5.41, 5.74) is 13.5. The van der Waals surface area contributed by atoms with Crippen molar-refractivity contribution < 1.29 is 34.5 Å². The molecule has 0 aliphatic rings. The molecular weight excluding hydrogens is 510 g/mol. The number of hydrogen-bond acceptors (Lipinski definition) is 8. The minimum absolute atomic E-state index is 0.169. The van der Waals surface area contributed by atoms with E-state index in [2.05, 4.69) is 25.6 Å². The summed E-state index contributed by atoms with van der Waals surface area (Å²) in [5.74, 6) is -3.62. The van der Waals surface area contributed by atoms with E-state index in [1.54, 1.807) is 26.2 Å². The van der Waals surface area contributed by atoms with Crippen molar-refractivity contribution in [2.24, 2.45) is 17.4 Å². The van der Waals surface area contributed by atoms with E-state index in [0.717, 1.165) is 16.5 Å². The Morgan fingerprint density at radius 1 is 0.949 bits per heavy atom. The first-order valence-electron chi connectivity index (χ1n) is 12.1. The molecule has 0 bridgehead atoms. The van der Waals surface area contributed by atoms with Crippen LogP contribution in [0.1, 0.15) is 25.1 Å². The lowest BCUT2D eigenvalue weighted by Crippen LogP contribution is -2.51. The van der Waals surface area contributed by atoms with Crippen LogP contribution in [0.2, 0.25) is 0 Å². The number of hydrogen-bond donors (Lipinski definition) is 9. The highest BCUT2D eigenvalue weighted by atomic mass is 16.4. The molecule has 2 amide bonds. The Hall–Kier alpha value is -4.27. The molecule has 39 heavy (non-hydrogen) atoms. The number of amides is 2. The smallest absolute Gasteiger partial charge is 0.326 e. The number of H-pyrrole nitrogens is 2. The van der Waals surface area contributed by atoms with Crippen LogP contribution in [0.25, 0.3) is 10.9 Å². The minimum Gasteiger partial charge on any atom is -0.480 e. The van der Waals surface area contributed by atoms with Crippen molar-refractivity contribution in [2.75, 3.05) is 6.61 Å². The zero-order chi connectivity index (χ0) is 29.1. The molecule has 0 aliphatic heterocycles. The van der Waals surface area contributed by atoms with Crippen LogP contribution in [0, 0.1) is 5.92 Å². The van der Waals surface area contributed by atoms with Gasteiger partial charge in [-0.2, -0.15) is 0 Å². The van der Waals surface area contributed by atoms with Gasteiger partial charge in [0, 0.05) is 41.8 Å². The number of fused-ring (bicyclic) bond motifs is 1. The van der Waals surface area contributed by atoms with Crippen molar-refractivity contribution in [3.63, 3.8) is 0 Å². The first-order valence-corrected chi connectivity index (χ1v) is 12.1. The maximum absolute atomic E-state index is 12.2. The van der Waals surface area contributed by atoms with E-state index in [1.807, 2.05) is 24.3 Å². The monoisotopic (exact) mass is 545 g/mol. The van der Waals surface area contributed by atoms with Crippen LogP contribution in [0.5, 0.6) is 0 Å². The highest BCUT2D eigenvalue weighted by molar-refractivity contribution is 5.89. The Bertz CT molecular complexity index is 1240. The first-order chi connectivity index (χ1) is 18.4. The van der Waals surface area contributed by atoms with Crippen molar-refractivity contribution in [3.05, 3.63) is 54.2 Å². The molecular formula is C25H35N7O7. The van der Waals surface area contributed by atoms with Crippen LogP contribution in [0.15, 0.2) is 43.0 Å². The number of carboxylic acid groups (broad SMARTS) is 2. The third-order valence-corrected chi connectivity index (χ3v) is 5.81. The van der Waals surface area contributed by atoms with E-state index in [1.165, 1.54) is 6.33 Å². The van der Waals surface area contributed by atoms with Crippen molar-refractivity contribution >= 4 is 34.7 Å². The van der Waals surface area contributed by atoms with E-state index in [4.69, 9.17) is 21.7 Å². The summed E-state index contributed by atoms with van der Waals surface area (Å²) in [6, 6.07) is 3.64. The highest BCUT2D eigenvalue weighted by Gasteiger charge is 2.26. The lowest BCUT2D eigenvalue weighted by molar-refractivity contribution is -0.143. The van der Waals surface area contributed by atoms with Gasteiger partial charge in [0.2, 0.25) is 11.8 Å². The molecule has 0 saturated carbocycles. The number of nitrogens with zero attached hydrogens (tertiary/aromatic N) is 1. The van der Waals surface area contributed by atoms with Crippen molar-refractivity contribution in [2.45, 2.75) is 50.9 Å². The van der Waals surface area contributed by atoms with E-state index < -0.39 is 54.5 Å². The normalized spacial score (nSPS) is 14.0. The van der Waals surface area contributed by atoms with E-state index >= 15 is 0 Å². The van der Waals surface area contributed by atoms with Gasteiger partial charge in [0.1, 0.15) is 18.1 Å². The van der Waals surface area contributed by atoms with Crippen molar-refractivity contribution in [3.8, 4) is 0 Å². The fourth-order valence-electron chi connectivity index (χ4n) is 3.58. The number of para-hydroxylation sites is 1. The summed E-state index contributed by atoms with van der Waals surface area (Å²) in [6.45, 7) is 2.84. The molecule has 0 aliphatic carbocycles. The van der Waals surface area contributed by atoms with Gasteiger partial charge in [-0.1, -0.05) is 32.0 Å². The van der Waals surface area contributed by atoms with Crippen LogP contribution < -0.4 is 22.1 Å². The summed E-state index contributed by atoms with van der Waals surface area (Å²) in [6.07, 6.45) is 5.26. The predicted molar refractivity (Wildman–Crippen MR) is 141 cm³/mol. The quantitative estimate of drug-likeness (QED) is 0.136. The highest BCUT2D eigenvalue weighted by Crippen LogP contribution is 2.19. The Kier molecular flexibility index (Phi) is 11.6. The van der Waals surface area contributed by atoms with Gasteiger partial charge in [-0.15, -0.1) is 0 Å². The van der Waals surface area contributed by atoms with Crippen LogP contribution >= 0.6 is 0 Å². The number of rotatable bonds is 12. The van der Waals surface area contributed by atoms with Gasteiger partial charge in [-0.25, -0.2) is 14.6 Å². The summed E-state index contributed by atoms with van der Waals surface area (Å²) in [5, 5.41) is 32.4. The second-order valence-electron chi connectivity index (χ2n) is 9.21. The molecule has 14 nitrogen and oxygen atoms in total. The van der Waals surface area contributed by atoms with Crippen LogP contribution in [0.4, 0.5) is 0 Å². The van der Waals surface area contributed by atoms with Crippen molar-refractivity contribution in [1.29, 1.82) is 0 Å². The number of carbonyl (C=O) groups excluding carboxylic acids is 2. The average molecular weight is 546 g/mol. The fourth-order valence-corrected chi connectivity index (χ4v) is 3.58. The summed E-state index contributed by atoms with van der Waals surface area (Å²) < 4.78 is 0. The Balaban J connectivity index is 0.000000326. The van der Waals surface area contributed by atoms with Gasteiger partial charge >= 0.3 is 11.9 Å². The number of aromatic nitrogens is 3. The zero-order valence-corrected chi connectivity index (χ0v) is 21.6. The van der Waals surface area contributed by atoms with E-state index in [0.29, 0.717) is 5.69 Å². The van der Waals surface area contributed by atoms with Gasteiger partial charge in [0.15, 0.2) is 0 Å². The second-order valence-corrected chi connectivity index (χ2v) is 9.21. The number of benzene rings is 1. The molecule has 2 heterocycles. The Labute approximate surface area is 224 Å². The molecule has 0 fully saturated rings. The number of imidazole rings is 1. The summed E-state index contributed by atoms with van der Waals surface area (Å²) >= 11 is 0. The number of carboxylic acids is 2. The summed E-state index contributed by atoms with van der Waals surface area (Å²) in [4.78, 5) is 55.4. The number of aliphatic carboxylic acids is 2. The number of nitrogens with two attached hydrogens (primary N) is 2. The second kappa shape index (κ2) is 14.6. The molecule has 0 saturated heterocycles. The van der Waals surface area contributed by atoms with Crippen LogP contribution in [-0.2, 0) is 32.0 Å². The Morgan fingerprint density at radius 2 is 1.62 bits per heavy atom. The summed E-state index contributed by atoms with van der Waals surface area (Å²) in [7, 11) is 0. The van der Waals surface area contributed by atoms with Crippen LogP contribution in [-0.4, -0.2) is 84.8 Å². The molecule has 2 aromatic heterocycles. The average Bonchev–Trinajstić information content (AvgIpc) is 3.56. The van der Waals surface area contributed by atoms with Crippen LogP contribution in [0.3, 0.4) is 0 Å². The SMILES string of the molecule is CC(C)C(NC(=O)C(N)CO)C(=O)O.NC(Cc1cnc[nH]1)C(=O)NC(Cc1c[nH]c2ccccc12)C(=O)O. The van der Waals surface area contributed by atoms with E-state index in [-0.39, 0.29) is 18.8 Å². The maximum atomic E-state index is 12.2.